The van der Waals surface area contributed by atoms with Gasteiger partial charge < -0.3 is 14.3 Å². The van der Waals surface area contributed by atoms with Crippen LogP contribution >= 0.6 is 0 Å². The van der Waals surface area contributed by atoms with Gasteiger partial charge in [0.15, 0.2) is 0 Å². The summed E-state index contributed by atoms with van der Waals surface area (Å²) in [7, 11) is 3.58. The highest BCUT2D eigenvalue weighted by molar-refractivity contribution is 6.01. The van der Waals surface area contributed by atoms with E-state index in [0.29, 0.717) is 18.7 Å². The van der Waals surface area contributed by atoms with Crippen LogP contribution in [0.3, 0.4) is 0 Å². The van der Waals surface area contributed by atoms with Crippen molar-refractivity contribution < 1.29 is 14.0 Å². The number of fused-ring (bicyclic) bond motifs is 1. The molecular formula is C21H24N6O3. The topological polar surface area (TPSA) is 106 Å². The molecule has 0 radical (unpaired) electrons. The summed E-state index contributed by atoms with van der Waals surface area (Å²) in [4.78, 5) is 31.9. The molecule has 1 aliphatic heterocycles. The number of aromatic nitrogens is 4. The molecule has 156 valence electrons. The highest BCUT2D eigenvalue weighted by atomic mass is 16.4. The first kappa shape index (κ1) is 19.8. The van der Waals surface area contributed by atoms with Gasteiger partial charge in [-0.25, -0.2) is 4.98 Å². The van der Waals surface area contributed by atoms with E-state index in [2.05, 4.69) is 20.5 Å². The molecule has 9 nitrogen and oxygen atoms in total. The Morgan fingerprint density at radius 3 is 2.70 bits per heavy atom. The van der Waals surface area contributed by atoms with Crippen molar-refractivity contribution in [2.45, 2.75) is 38.6 Å². The Bertz CT molecular complexity index is 1090. The van der Waals surface area contributed by atoms with Crippen molar-refractivity contribution in [2.24, 2.45) is 7.05 Å². The maximum atomic E-state index is 13.0. The van der Waals surface area contributed by atoms with Gasteiger partial charge in [0.2, 0.25) is 11.8 Å². The molecule has 30 heavy (non-hydrogen) atoms. The second kappa shape index (κ2) is 7.74. The Balaban J connectivity index is 1.49. The van der Waals surface area contributed by atoms with Crippen LogP contribution in [0.15, 0.2) is 34.7 Å². The lowest BCUT2D eigenvalue weighted by Crippen LogP contribution is -2.47. The van der Waals surface area contributed by atoms with Crippen LogP contribution in [-0.4, -0.2) is 44.7 Å². The zero-order valence-electron chi connectivity index (χ0n) is 17.4. The molecule has 2 atom stereocenters. The smallest absolute Gasteiger partial charge is 0.309 e. The molecule has 0 aliphatic carbocycles. The normalized spacial score (nSPS) is 18.8. The van der Waals surface area contributed by atoms with E-state index in [1.54, 1.807) is 11.9 Å². The van der Waals surface area contributed by atoms with Gasteiger partial charge in [-0.05, 0) is 18.9 Å². The Hall–Kier alpha value is -3.49. The molecule has 2 aromatic heterocycles. The molecule has 1 aliphatic rings. The van der Waals surface area contributed by atoms with E-state index in [4.69, 9.17) is 4.42 Å². The number of likely N-dealkylation sites (N-methyl/N-ethyl adjacent to an activating group) is 1. The number of amides is 2. The second-order valence-corrected chi connectivity index (χ2v) is 7.65. The van der Waals surface area contributed by atoms with Crippen LogP contribution in [0.2, 0.25) is 0 Å². The zero-order chi connectivity index (χ0) is 21.4. The van der Waals surface area contributed by atoms with E-state index < -0.39 is 11.9 Å². The van der Waals surface area contributed by atoms with Crippen LogP contribution < -0.4 is 10.2 Å². The fraction of sp³-hybridized carbons (Fsp3) is 0.381. The summed E-state index contributed by atoms with van der Waals surface area (Å²) in [6.07, 6.45) is 0.868. The van der Waals surface area contributed by atoms with E-state index in [1.807, 2.05) is 55.8 Å². The molecule has 0 fully saturated rings. The molecule has 0 spiro atoms. The number of rotatable bonds is 4. The van der Waals surface area contributed by atoms with Crippen LogP contribution in [-0.2, 0) is 18.3 Å². The van der Waals surface area contributed by atoms with Crippen LogP contribution in [0, 0.1) is 6.92 Å². The third kappa shape index (κ3) is 3.58. The highest BCUT2D eigenvalue weighted by Gasteiger charge is 2.36. The average Bonchev–Trinajstić information content (AvgIpc) is 3.29. The number of carbonyl (C=O) groups is 2. The number of nitrogens with one attached hydrogen (secondary N) is 1. The third-order valence-electron chi connectivity index (χ3n) is 5.48. The van der Waals surface area contributed by atoms with Gasteiger partial charge in [0.1, 0.15) is 17.7 Å². The summed E-state index contributed by atoms with van der Waals surface area (Å²) >= 11 is 0. The molecule has 1 N–H and O–H groups in total. The van der Waals surface area contributed by atoms with Crippen LogP contribution in [0.1, 0.15) is 52.9 Å². The minimum absolute atomic E-state index is 0.00423. The Labute approximate surface area is 174 Å². The first-order valence-electron chi connectivity index (χ1n) is 9.83. The van der Waals surface area contributed by atoms with Gasteiger partial charge in [0.25, 0.3) is 0 Å². The largest absolute Gasteiger partial charge is 0.417 e. The molecule has 0 saturated heterocycles. The monoisotopic (exact) mass is 408 g/mol. The van der Waals surface area contributed by atoms with Crippen molar-refractivity contribution in [3.63, 3.8) is 0 Å². The van der Waals surface area contributed by atoms with Crippen molar-refractivity contribution >= 4 is 17.6 Å². The summed E-state index contributed by atoms with van der Waals surface area (Å²) in [6.45, 7) is 3.91. The standard InChI is InChI=1S/C21H24N6O3/c1-12-10-15(21(29)27(4)20-17(12)22-13(2)26(20)3)23-18(28)19-25-24-16(30-19)11-14-8-6-5-7-9-14/h5-9,12,15H,10-11H2,1-4H3,(H,23,28)/t12-,15-/m0/s1. The average molecular weight is 408 g/mol. The number of hydrogen-bond donors (Lipinski definition) is 1. The van der Waals surface area contributed by atoms with Crippen molar-refractivity contribution in [3.8, 4) is 0 Å². The third-order valence-corrected chi connectivity index (χ3v) is 5.48. The first-order valence-corrected chi connectivity index (χ1v) is 9.83. The number of nitrogens with zero attached hydrogens (tertiary/aromatic N) is 5. The fourth-order valence-electron chi connectivity index (χ4n) is 3.78. The zero-order valence-corrected chi connectivity index (χ0v) is 17.4. The summed E-state index contributed by atoms with van der Waals surface area (Å²) in [5.41, 5.74) is 1.86. The molecule has 3 heterocycles. The van der Waals surface area contributed by atoms with Crippen molar-refractivity contribution in [1.82, 2.24) is 25.1 Å². The summed E-state index contributed by atoms with van der Waals surface area (Å²) in [6, 6.07) is 8.94. The predicted molar refractivity (Wildman–Crippen MR) is 109 cm³/mol. The summed E-state index contributed by atoms with van der Waals surface area (Å²) < 4.78 is 7.41. The van der Waals surface area contributed by atoms with Gasteiger partial charge in [0.05, 0.1) is 12.1 Å². The number of hydrogen-bond acceptors (Lipinski definition) is 6. The van der Waals surface area contributed by atoms with E-state index in [9.17, 15) is 9.59 Å². The van der Waals surface area contributed by atoms with E-state index in [1.165, 1.54) is 0 Å². The molecule has 3 aromatic rings. The number of imidazole rings is 1. The van der Waals surface area contributed by atoms with Crippen molar-refractivity contribution in [3.05, 3.63) is 59.2 Å². The van der Waals surface area contributed by atoms with Gasteiger partial charge in [-0.3, -0.25) is 14.5 Å². The van der Waals surface area contributed by atoms with E-state index in [-0.39, 0.29) is 17.7 Å². The SMILES string of the molecule is Cc1nc2c(n1C)N(C)C(=O)[C@@H](NC(=O)c1nnc(Cc3ccccc3)o1)C[C@@H]2C. The van der Waals surface area contributed by atoms with Gasteiger partial charge >= 0.3 is 11.8 Å². The van der Waals surface area contributed by atoms with Crippen molar-refractivity contribution in [2.75, 3.05) is 11.9 Å². The molecule has 4 rings (SSSR count). The number of carbonyl (C=O) groups excluding carboxylic acids is 2. The molecule has 9 heteroatoms. The maximum absolute atomic E-state index is 13.0. The van der Waals surface area contributed by atoms with Gasteiger partial charge in [0, 0.05) is 20.0 Å². The summed E-state index contributed by atoms with van der Waals surface area (Å²) in [5.74, 6) is 1.01. The lowest BCUT2D eigenvalue weighted by atomic mass is 9.99. The lowest BCUT2D eigenvalue weighted by molar-refractivity contribution is -0.120. The molecular weight excluding hydrogens is 384 g/mol. The van der Waals surface area contributed by atoms with Crippen LogP contribution in [0.25, 0.3) is 0 Å². The maximum Gasteiger partial charge on any atom is 0.309 e. The fourth-order valence-corrected chi connectivity index (χ4v) is 3.78. The molecule has 1 aromatic carbocycles. The minimum atomic E-state index is -0.712. The molecule has 2 amide bonds. The Morgan fingerprint density at radius 1 is 1.23 bits per heavy atom. The van der Waals surface area contributed by atoms with Gasteiger partial charge in [-0.1, -0.05) is 37.3 Å². The van der Waals surface area contributed by atoms with Crippen LogP contribution in [0.4, 0.5) is 5.82 Å². The predicted octanol–water partition coefficient (Wildman–Crippen LogP) is 1.97. The first-order chi connectivity index (χ1) is 14.3. The van der Waals surface area contributed by atoms with E-state index in [0.717, 1.165) is 22.9 Å². The molecule has 0 unspecified atom stereocenters. The lowest BCUT2D eigenvalue weighted by Gasteiger charge is -2.22. The second-order valence-electron chi connectivity index (χ2n) is 7.65. The number of anilines is 1. The van der Waals surface area contributed by atoms with Gasteiger partial charge in [-0.2, -0.15) is 0 Å². The number of aryl methyl sites for hydroxylation is 1. The quantitative estimate of drug-likeness (QED) is 0.707. The molecule has 0 saturated carbocycles. The Morgan fingerprint density at radius 2 is 1.97 bits per heavy atom. The minimum Gasteiger partial charge on any atom is -0.417 e. The van der Waals surface area contributed by atoms with Gasteiger partial charge in [-0.15, -0.1) is 10.2 Å². The number of benzene rings is 1. The van der Waals surface area contributed by atoms with E-state index >= 15 is 0 Å². The highest BCUT2D eigenvalue weighted by Crippen LogP contribution is 2.34. The molecule has 0 bridgehead atoms. The van der Waals surface area contributed by atoms with Crippen LogP contribution in [0.5, 0.6) is 0 Å². The summed E-state index contributed by atoms with van der Waals surface area (Å²) in [5, 5.41) is 10.6. The Kier molecular flexibility index (Phi) is 5.11. The van der Waals surface area contributed by atoms with Crippen molar-refractivity contribution in [1.29, 1.82) is 0 Å².